The zero-order chi connectivity index (χ0) is 21.4. The quantitative estimate of drug-likeness (QED) is 0.558. The Morgan fingerprint density at radius 2 is 1.97 bits per heavy atom. The Morgan fingerprint density at radius 3 is 2.67 bits per heavy atom. The van der Waals surface area contributed by atoms with Crippen LogP contribution in [0.2, 0.25) is 5.02 Å². The van der Waals surface area contributed by atoms with Crippen LogP contribution >= 0.6 is 11.6 Å². The molecule has 0 bridgehead atoms. The van der Waals surface area contributed by atoms with E-state index in [2.05, 4.69) is 10.4 Å². The van der Waals surface area contributed by atoms with Gasteiger partial charge < -0.3 is 16.8 Å². The van der Waals surface area contributed by atoms with Gasteiger partial charge in [-0.05, 0) is 36.5 Å². The fraction of sp³-hybridized carbons (Fsp3) is 0.286. The summed E-state index contributed by atoms with van der Waals surface area (Å²) in [5.41, 5.74) is 13.5. The number of primary amides is 1. The van der Waals surface area contributed by atoms with E-state index in [0.717, 1.165) is 18.4 Å². The number of nitrogens with zero attached hydrogens (tertiary/aromatic N) is 2. The molecular formula is C21H21ClFN5O2. The molecule has 9 heteroatoms. The van der Waals surface area contributed by atoms with Crippen LogP contribution in [0, 0.1) is 5.82 Å². The van der Waals surface area contributed by atoms with Gasteiger partial charge in [0.2, 0.25) is 5.91 Å². The summed E-state index contributed by atoms with van der Waals surface area (Å²) in [6.07, 6.45) is 1.66. The normalized spacial score (nSPS) is 18.2. The van der Waals surface area contributed by atoms with Crippen molar-refractivity contribution in [2.24, 2.45) is 11.5 Å². The first-order valence-electron chi connectivity index (χ1n) is 9.59. The van der Waals surface area contributed by atoms with E-state index in [1.807, 2.05) is 12.1 Å². The maximum Gasteiger partial charge on any atom is 0.269 e. The molecule has 0 spiro atoms. The highest BCUT2D eigenvalue weighted by Crippen LogP contribution is 2.40. The van der Waals surface area contributed by atoms with Crippen LogP contribution < -0.4 is 16.8 Å². The van der Waals surface area contributed by atoms with Gasteiger partial charge in [-0.2, -0.15) is 5.10 Å². The summed E-state index contributed by atoms with van der Waals surface area (Å²) in [6.45, 7) is -0.155. The SMILES string of the molecule is NC(=O)c1nn(CC(=O)NCc2cccc(Cl)c2F)c2cccc([C@H]3C[C@H](N)C3)c12. The van der Waals surface area contributed by atoms with Crippen molar-refractivity contribution in [3.05, 3.63) is 64.1 Å². The molecule has 2 aromatic carbocycles. The Bertz CT molecular complexity index is 1140. The molecule has 0 saturated heterocycles. The number of halogens is 2. The van der Waals surface area contributed by atoms with Gasteiger partial charge in [-0.3, -0.25) is 14.3 Å². The number of aromatic nitrogens is 2. The van der Waals surface area contributed by atoms with Crippen LogP contribution in [0.1, 0.15) is 40.4 Å². The van der Waals surface area contributed by atoms with Crippen molar-refractivity contribution in [1.29, 1.82) is 0 Å². The summed E-state index contributed by atoms with van der Waals surface area (Å²) < 4.78 is 15.5. The highest BCUT2D eigenvalue weighted by Gasteiger charge is 2.31. The molecule has 1 saturated carbocycles. The molecule has 2 amide bonds. The number of hydrogen-bond acceptors (Lipinski definition) is 4. The third-order valence-corrected chi connectivity index (χ3v) is 5.75. The molecule has 4 rings (SSSR count). The highest BCUT2D eigenvalue weighted by molar-refractivity contribution is 6.30. The molecule has 0 radical (unpaired) electrons. The lowest BCUT2D eigenvalue weighted by molar-refractivity contribution is -0.121. The third-order valence-electron chi connectivity index (χ3n) is 5.46. The lowest BCUT2D eigenvalue weighted by atomic mass is 9.75. The highest BCUT2D eigenvalue weighted by atomic mass is 35.5. The van der Waals surface area contributed by atoms with Crippen LogP contribution in [0.3, 0.4) is 0 Å². The number of hydrogen-bond donors (Lipinski definition) is 3. The Hall–Kier alpha value is -2.97. The molecule has 1 fully saturated rings. The molecule has 0 aliphatic heterocycles. The van der Waals surface area contributed by atoms with Crippen LogP contribution in [-0.2, 0) is 17.9 Å². The van der Waals surface area contributed by atoms with Gasteiger partial charge in [0, 0.05) is 23.5 Å². The maximum absolute atomic E-state index is 14.0. The number of benzene rings is 2. The Kier molecular flexibility index (Phi) is 5.44. The minimum absolute atomic E-state index is 0.00541. The topological polar surface area (TPSA) is 116 Å². The monoisotopic (exact) mass is 429 g/mol. The number of carbonyl (C=O) groups excluding carboxylic acids is 2. The molecule has 156 valence electrons. The number of fused-ring (bicyclic) bond motifs is 1. The third kappa shape index (κ3) is 3.76. The Labute approximate surface area is 177 Å². The first-order chi connectivity index (χ1) is 14.3. The number of carbonyl (C=O) groups is 2. The predicted molar refractivity (Wildman–Crippen MR) is 111 cm³/mol. The maximum atomic E-state index is 14.0. The number of nitrogens with one attached hydrogen (secondary N) is 1. The second-order valence-electron chi connectivity index (χ2n) is 7.53. The van der Waals surface area contributed by atoms with Crippen LogP contribution in [0.5, 0.6) is 0 Å². The van der Waals surface area contributed by atoms with Crippen LogP contribution in [-0.4, -0.2) is 27.6 Å². The standard InChI is InChI=1S/C21H21ClFN5O2/c22-15-5-1-3-11(19(15)23)9-26-17(29)10-28-16-6-2-4-14(12-7-13(24)8-12)18(16)20(27-28)21(25)30/h1-6,12-13H,7-10,24H2,(H2,25,30)(H,26,29)/t12-,13-. The lowest BCUT2D eigenvalue weighted by Gasteiger charge is -2.33. The van der Waals surface area contributed by atoms with E-state index in [1.165, 1.54) is 10.7 Å². The minimum atomic E-state index is -0.656. The molecule has 0 unspecified atom stereocenters. The van der Waals surface area contributed by atoms with Gasteiger partial charge in [0.05, 0.1) is 10.5 Å². The summed E-state index contributed by atoms with van der Waals surface area (Å²) in [5, 5.41) is 7.60. The van der Waals surface area contributed by atoms with Gasteiger partial charge in [0.15, 0.2) is 5.69 Å². The lowest BCUT2D eigenvalue weighted by Crippen LogP contribution is -2.34. The van der Waals surface area contributed by atoms with Crippen LogP contribution in [0.15, 0.2) is 36.4 Å². The molecule has 1 aliphatic rings. The van der Waals surface area contributed by atoms with Crippen LogP contribution in [0.25, 0.3) is 10.9 Å². The Morgan fingerprint density at radius 1 is 1.23 bits per heavy atom. The average molecular weight is 430 g/mol. The van der Waals surface area contributed by atoms with Gasteiger partial charge in [-0.1, -0.05) is 35.9 Å². The van der Waals surface area contributed by atoms with E-state index in [1.54, 1.807) is 18.2 Å². The van der Waals surface area contributed by atoms with Gasteiger partial charge in [0.25, 0.3) is 5.91 Å². The second-order valence-corrected chi connectivity index (χ2v) is 7.94. The largest absolute Gasteiger partial charge is 0.364 e. The minimum Gasteiger partial charge on any atom is -0.364 e. The van der Waals surface area contributed by atoms with Gasteiger partial charge in [-0.25, -0.2) is 4.39 Å². The molecule has 0 atom stereocenters. The molecule has 5 N–H and O–H groups in total. The van der Waals surface area contributed by atoms with E-state index in [-0.39, 0.29) is 47.2 Å². The fourth-order valence-corrected chi connectivity index (χ4v) is 4.07. The van der Waals surface area contributed by atoms with Crippen molar-refractivity contribution in [2.45, 2.75) is 37.9 Å². The fourth-order valence-electron chi connectivity index (χ4n) is 3.87. The van der Waals surface area contributed by atoms with E-state index in [4.69, 9.17) is 23.1 Å². The van der Waals surface area contributed by atoms with E-state index >= 15 is 0 Å². The van der Waals surface area contributed by atoms with E-state index in [9.17, 15) is 14.0 Å². The second kappa shape index (κ2) is 8.04. The smallest absolute Gasteiger partial charge is 0.269 e. The molecule has 3 aromatic rings. The molecule has 7 nitrogen and oxygen atoms in total. The van der Waals surface area contributed by atoms with E-state index in [0.29, 0.717) is 10.9 Å². The first kappa shape index (κ1) is 20.3. The van der Waals surface area contributed by atoms with Gasteiger partial charge in [0.1, 0.15) is 12.4 Å². The Balaban J connectivity index is 1.58. The summed E-state index contributed by atoms with van der Waals surface area (Å²) in [7, 11) is 0. The van der Waals surface area contributed by atoms with E-state index < -0.39 is 11.7 Å². The van der Waals surface area contributed by atoms with Gasteiger partial charge >= 0.3 is 0 Å². The van der Waals surface area contributed by atoms with Crippen LogP contribution in [0.4, 0.5) is 4.39 Å². The molecule has 1 heterocycles. The molecular weight excluding hydrogens is 409 g/mol. The van der Waals surface area contributed by atoms with Crippen molar-refractivity contribution in [1.82, 2.24) is 15.1 Å². The molecule has 1 aromatic heterocycles. The van der Waals surface area contributed by atoms with Gasteiger partial charge in [-0.15, -0.1) is 0 Å². The van der Waals surface area contributed by atoms with Crippen molar-refractivity contribution in [2.75, 3.05) is 0 Å². The first-order valence-corrected chi connectivity index (χ1v) is 9.97. The summed E-state index contributed by atoms with van der Waals surface area (Å²) in [5.74, 6) is -1.37. The zero-order valence-corrected chi connectivity index (χ0v) is 16.8. The number of nitrogens with two attached hydrogens (primary N) is 2. The number of amides is 2. The predicted octanol–water partition coefficient (Wildman–Crippen LogP) is 2.45. The molecule has 30 heavy (non-hydrogen) atoms. The summed E-state index contributed by atoms with van der Waals surface area (Å²) in [6, 6.07) is 10.3. The summed E-state index contributed by atoms with van der Waals surface area (Å²) in [4.78, 5) is 24.5. The van der Waals surface area contributed by atoms with Crippen molar-refractivity contribution in [3.63, 3.8) is 0 Å². The van der Waals surface area contributed by atoms with Crippen molar-refractivity contribution in [3.8, 4) is 0 Å². The summed E-state index contributed by atoms with van der Waals surface area (Å²) >= 11 is 5.77. The van der Waals surface area contributed by atoms with Crippen molar-refractivity contribution >= 4 is 34.3 Å². The number of rotatable bonds is 6. The van der Waals surface area contributed by atoms with Crippen molar-refractivity contribution < 1.29 is 14.0 Å². The molecule has 1 aliphatic carbocycles. The zero-order valence-electron chi connectivity index (χ0n) is 16.1. The average Bonchev–Trinajstić information content (AvgIpc) is 3.06.